The molecule has 7 heteroatoms. The minimum atomic E-state index is -0.338. The van der Waals surface area contributed by atoms with Crippen molar-refractivity contribution in [3.05, 3.63) is 68.8 Å². The Bertz CT molecular complexity index is 809. The van der Waals surface area contributed by atoms with Gasteiger partial charge in [-0.25, -0.2) is 0 Å². The molecule has 2 aromatic rings. The van der Waals surface area contributed by atoms with E-state index in [0.717, 1.165) is 17.3 Å². The van der Waals surface area contributed by atoms with Crippen LogP contribution >= 0.6 is 35.0 Å². The molecule has 3 rings (SSSR count). The van der Waals surface area contributed by atoms with Crippen molar-refractivity contribution in [2.24, 2.45) is 0 Å². The number of thioether (sulfide) groups is 1. The third-order valence-corrected chi connectivity index (χ3v) is 4.69. The van der Waals surface area contributed by atoms with Crippen LogP contribution in [0, 0.1) is 0 Å². The summed E-state index contributed by atoms with van der Waals surface area (Å²) >= 11 is 12.9. The van der Waals surface area contributed by atoms with Crippen molar-refractivity contribution in [2.75, 3.05) is 0 Å². The summed E-state index contributed by atoms with van der Waals surface area (Å²) in [7, 11) is 0. The van der Waals surface area contributed by atoms with Crippen molar-refractivity contribution in [3.8, 4) is 0 Å². The largest absolute Gasteiger partial charge is 0.293 e. The Hall–Kier alpha value is -1.82. The molecule has 1 fully saturated rings. The lowest BCUT2D eigenvalue weighted by molar-refractivity contribution is -0.123. The van der Waals surface area contributed by atoms with Crippen molar-refractivity contribution in [3.63, 3.8) is 0 Å². The van der Waals surface area contributed by atoms with Gasteiger partial charge < -0.3 is 0 Å². The van der Waals surface area contributed by atoms with Crippen LogP contribution in [0.25, 0.3) is 6.08 Å². The molecule has 0 bridgehead atoms. The summed E-state index contributed by atoms with van der Waals surface area (Å²) < 4.78 is 0. The lowest BCUT2D eigenvalue weighted by Crippen LogP contribution is -2.27. The molecular weight excluding hydrogens is 355 g/mol. The van der Waals surface area contributed by atoms with Gasteiger partial charge >= 0.3 is 0 Å². The Labute approximate surface area is 147 Å². The minimum absolute atomic E-state index is 0.116. The number of halogens is 2. The van der Waals surface area contributed by atoms with Gasteiger partial charge in [0.1, 0.15) is 0 Å². The number of pyridine rings is 1. The van der Waals surface area contributed by atoms with E-state index in [1.54, 1.807) is 42.7 Å². The van der Waals surface area contributed by atoms with Gasteiger partial charge in [-0.05, 0) is 47.2 Å². The predicted octanol–water partition coefficient (Wildman–Crippen LogP) is 4.62. The first-order valence-corrected chi connectivity index (χ1v) is 8.21. The summed E-state index contributed by atoms with van der Waals surface area (Å²) in [6.07, 6.45) is 4.93. The molecule has 1 aromatic heterocycles. The van der Waals surface area contributed by atoms with Gasteiger partial charge in [-0.15, -0.1) is 0 Å². The predicted molar refractivity (Wildman–Crippen MR) is 92.2 cm³/mol. The first kappa shape index (κ1) is 16.1. The van der Waals surface area contributed by atoms with E-state index in [-0.39, 0.29) is 17.7 Å². The van der Waals surface area contributed by atoms with Gasteiger partial charge in [-0.1, -0.05) is 35.3 Å². The van der Waals surface area contributed by atoms with Gasteiger partial charge in [0.2, 0.25) is 0 Å². The van der Waals surface area contributed by atoms with Gasteiger partial charge in [0.25, 0.3) is 11.1 Å². The summed E-state index contributed by atoms with van der Waals surface area (Å²) in [6.45, 7) is 0.116. The molecule has 1 aliphatic rings. The molecule has 0 N–H and O–H groups in total. The molecule has 0 saturated carbocycles. The zero-order valence-electron chi connectivity index (χ0n) is 11.7. The van der Waals surface area contributed by atoms with E-state index in [1.807, 2.05) is 6.07 Å². The molecule has 0 aliphatic carbocycles. The molecule has 1 aromatic carbocycles. The zero-order valence-corrected chi connectivity index (χ0v) is 14.0. The fraction of sp³-hybridized carbons (Fsp3) is 0.0625. The van der Waals surface area contributed by atoms with Crippen molar-refractivity contribution >= 4 is 52.2 Å². The van der Waals surface area contributed by atoms with Crippen molar-refractivity contribution < 1.29 is 9.59 Å². The summed E-state index contributed by atoms with van der Waals surface area (Å²) in [5, 5.41) is 0.605. The number of imide groups is 1. The molecule has 0 radical (unpaired) electrons. The molecule has 0 spiro atoms. The van der Waals surface area contributed by atoms with Gasteiger partial charge in [-0.3, -0.25) is 19.5 Å². The molecule has 0 atom stereocenters. The summed E-state index contributed by atoms with van der Waals surface area (Å²) in [5.74, 6) is -0.338. The standard InChI is InChI=1S/C16H10Cl2N2O2S/c17-12-4-3-11(13(18)7-12)9-20-15(21)14(23-16(20)22)6-10-2-1-5-19-8-10/h1-8H,9H2/b14-6-. The molecule has 1 aliphatic heterocycles. The summed E-state index contributed by atoms with van der Waals surface area (Å²) in [6, 6.07) is 8.55. The van der Waals surface area contributed by atoms with E-state index < -0.39 is 0 Å². The monoisotopic (exact) mass is 364 g/mol. The summed E-state index contributed by atoms with van der Waals surface area (Å²) in [4.78, 5) is 30.1. The van der Waals surface area contributed by atoms with E-state index in [9.17, 15) is 9.59 Å². The lowest BCUT2D eigenvalue weighted by atomic mass is 10.2. The molecule has 2 amide bonds. The van der Waals surface area contributed by atoms with E-state index in [0.29, 0.717) is 20.5 Å². The Balaban J connectivity index is 1.83. The number of nitrogens with zero attached hydrogens (tertiary/aromatic N) is 2. The molecule has 23 heavy (non-hydrogen) atoms. The first-order chi connectivity index (χ1) is 11.0. The highest BCUT2D eigenvalue weighted by Crippen LogP contribution is 2.34. The topological polar surface area (TPSA) is 50.3 Å². The van der Waals surface area contributed by atoms with Crippen molar-refractivity contribution in [2.45, 2.75) is 6.54 Å². The fourth-order valence-electron chi connectivity index (χ4n) is 2.07. The third kappa shape index (κ3) is 3.58. The number of benzene rings is 1. The van der Waals surface area contributed by atoms with E-state index in [1.165, 1.54) is 4.90 Å². The van der Waals surface area contributed by atoms with Crippen LogP contribution in [0.1, 0.15) is 11.1 Å². The Kier molecular flexibility index (Phi) is 4.71. The quantitative estimate of drug-likeness (QED) is 0.745. The molecule has 0 unspecified atom stereocenters. The van der Waals surface area contributed by atoms with Gasteiger partial charge in [-0.2, -0.15) is 0 Å². The van der Waals surface area contributed by atoms with Crippen LogP contribution in [0.3, 0.4) is 0 Å². The van der Waals surface area contributed by atoms with E-state index in [2.05, 4.69) is 4.98 Å². The van der Waals surface area contributed by atoms with E-state index >= 15 is 0 Å². The number of hydrogen-bond donors (Lipinski definition) is 0. The Morgan fingerprint density at radius 2 is 2.04 bits per heavy atom. The second-order valence-electron chi connectivity index (χ2n) is 4.79. The van der Waals surface area contributed by atoms with Crippen LogP contribution < -0.4 is 0 Å². The lowest BCUT2D eigenvalue weighted by Gasteiger charge is -2.13. The number of hydrogen-bond acceptors (Lipinski definition) is 4. The maximum absolute atomic E-state index is 12.4. The Morgan fingerprint density at radius 3 is 2.74 bits per heavy atom. The minimum Gasteiger partial charge on any atom is -0.268 e. The molecule has 4 nitrogen and oxygen atoms in total. The van der Waals surface area contributed by atoms with E-state index in [4.69, 9.17) is 23.2 Å². The normalized spacial score (nSPS) is 16.4. The SMILES string of the molecule is O=C1S/C(=C\c2cccnc2)C(=O)N1Cc1ccc(Cl)cc1Cl. The average Bonchev–Trinajstić information content (AvgIpc) is 2.78. The molecule has 116 valence electrons. The smallest absolute Gasteiger partial charge is 0.268 e. The molecule has 1 saturated heterocycles. The molecular formula is C16H10Cl2N2O2S. The number of amides is 2. The van der Waals surface area contributed by atoms with Gasteiger partial charge in [0.15, 0.2) is 0 Å². The highest BCUT2D eigenvalue weighted by Gasteiger charge is 2.35. The van der Waals surface area contributed by atoms with Crippen molar-refractivity contribution in [1.29, 1.82) is 0 Å². The zero-order chi connectivity index (χ0) is 16.4. The second kappa shape index (κ2) is 6.74. The molecule has 2 heterocycles. The van der Waals surface area contributed by atoms with Crippen LogP contribution in [0.2, 0.25) is 10.0 Å². The van der Waals surface area contributed by atoms with Crippen LogP contribution in [-0.2, 0) is 11.3 Å². The average molecular weight is 365 g/mol. The second-order valence-corrected chi connectivity index (χ2v) is 6.63. The first-order valence-electron chi connectivity index (χ1n) is 6.64. The fourth-order valence-corrected chi connectivity index (χ4v) is 3.38. The van der Waals surface area contributed by atoms with Crippen LogP contribution in [-0.4, -0.2) is 21.0 Å². The van der Waals surface area contributed by atoms with Crippen LogP contribution in [0.4, 0.5) is 4.79 Å². The maximum Gasteiger partial charge on any atom is 0.293 e. The van der Waals surface area contributed by atoms with Crippen molar-refractivity contribution in [1.82, 2.24) is 9.88 Å². The highest BCUT2D eigenvalue weighted by atomic mass is 35.5. The summed E-state index contributed by atoms with van der Waals surface area (Å²) in [5.41, 5.74) is 1.43. The number of rotatable bonds is 3. The number of carbonyl (C=O) groups is 2. The number of carbonyl (C=O) groups excluding carboxylic acids is 2. The maximum atomic E-state index is 12.4. The van der Waals surface area contributed by atoms with Gasteiger partial charge in [0, 0.05) is 22.4 Å². The Morgan fingerprint density at radius 1 is 1.22 bits per heavy atom. The van der Waals surface area contributed by atoms with Crippen LogP contribution in [0.15, 0.2) is 47.6 Å². The number of aromatic nitrogens is 1. The third-order valence-electron chi connectivity index (χ3n) is 3.20. The van der Waals surface area contributed by atoms with Gasteiger partial charge in [0.05, 0.1) is 11.4 Å². The highest BCUT2D eigenvalue weighted by molar-refractivity contribution is 8.18. The van der Waals surface area contributed by atoms with Crippen LogP contribution in [0.5, 0.6) is 0 Å².